The van der Waals surface area contributed by atoms with Crippen LogP contribution in [-0.4, -0.2) is 26.5 Å². The zero-order valence-electron chi connectivity index (χ0n) is 13.4. The molecule has 24 heavy (non-hydrogen) atoms. The van der Waals surface area contributed by atoms with Gasteiger partial charge in [0.2, 0.25) is 0 Å². The Kier molecular flexibility index (Phi) is 4.96. The van der Waals surface area contributed by atoms with Crippen molar-refractivity contribution >= 4 is 33.1 Å². The van der Waals surface area contributed by atoms with Gasteiger partial charge in [0.25, 0.3) is 10.0 Å². The number of anilines is 2. The van der Waals surface area contributed by atoms with E-state index in [1.165, 1.54) is 18.6 Å². The molecule has 0 amide bonds. The van der Waals surface area contributed by atoms with Gasteiger partial charge in [0.1, 0.15) is 5.82 Å². The number of pyridine rings is 1. The van der Waals surface area contributed by atoms with Crippen LogP contribution in [0.1, 0.15) is 19.8 Å². The fourth-order valence-electron chi connectivity index (χ4n) is 2.88. The predicted octanol–water partition coefficient (Wildman–Crippen LogP) is 3.77. The van der Waals surface area contributed by atoms with E-state index in [1.54, 1.807) is 24.4 Å². The van der Waals surface area contributed by atoms with Gasteiger partial charge >= 0.3 is 0 Å². The summed E-state index contributed by atoms with van der Waals surface area (Å²) in [5.41, 5.74) is 0.434. The Bertz CT molecular complexity index is 809. The smallest absolute Gasteiger partial charge is 0.261 e. The molecule has 128 valence electrons. The molecule has 1 aliphatic heterocycles. The highest BCUT2D eigenvalue weighted by atomic mass is 35.5. The van der Waals surface area contributed by atoms with Crippen LogP contribution in [-0.2, 0) is 10.0 Å². The predicted molar refractivity (Wildman–Crippen MR) is 97.1 cm³/mol. The average Bonchev–Trinajstić information content (AvgIpc) is 2.55. The van der Waals surface area contributed by atoms with Crippen LogP contribution in [0.15, 0.2) is 47.5 Å². The summed E-state index contributed by atoms with van der Waals surface area (Å²) in [7, 11) is -3.67. The van der Waals surface area contributed by atoms with Gasteiger partial charge in [0, 0.05) is 18.1 Å². The third kappa shape index (κ3) is 3.99. The molecule has 0 spiro atoms. The standard InChI is InChI=1S/C17H20ClN3O2S/c1-13-4-3-9-21(12-13)17-8-7-15(11-19-17)20-24(22,23)16-6-2-5-14(18)10-16/h2,5-8,10-11,13,20H,3-4,9,12H2,1H3. The number of hydrogen-bond donors (Lipinski definition) is 1. The van der Waals surface area contributed by atoms with Crippen molar-refractivity contribution in [2.45, 2.75) is 24.7 Å². The molecule has 1 atom stereocenters. The Morgan fingerprint density at radius 1 is 1.29 bits per heavy atom. The van der Waals surface area contributed by atoms with Gasteiger partial charge in [-0.15, -0.1) is 0 Å². The van der Waals surface area contributed by atoms with Crippen molar-refractivity contribution in [2.24, 2.45) is 5.92 Å². The van der Waals surface area contributed by atoms with Gasteiger partial charge in [-0.25, -0.2) is 13.4 Å². The molecule has 0 radical (unpaired) electrons. The second-order valence-corrected chi connectivity index (χ2v) is 8.28. The van der Waals surface area contributed by atoms with E-state index < -0.39 is 10.0 Å². The summed E-state index contributed by atoms with van der Waals surface area (Å²) in [5.74, 6) is 1.54. The molecule has 0 aliphatic carbocycles. The summed E-state index contributed by atoms with van der Waals surface area (Å²) in [6, 6.07) is 9.76. The second kappa shape index (κ2) is 6.99. The first-order valence-electron chi connectivity index (χ1n) is 7.93. The quantitative estimate of drug-likeness (QED) is 0.895. The van der Waals surface area contributed by atoms with Crippen molar-refractivity contribution in [3.8, 4) is 0 Å². The molecule has 3 rings (SSSR count). The molecular formula is C17H20ClN3O2S. The third-order valence-corrected chi connectivity index (χ3v) is 5.70. The molecule has 1 aliphatic rings. The highest BCUT2D eigenvalue weighted by molar-refractivity contribution is 7.92. The average molecular weight is 366 g/mol. The Morgan fingerprint density at radius 3 is 2.79 bits per heavy atom. The summed E-state index contributed by atoms with van der Waals surface area (Å²) in [6.45, 7) is 4.21. The van der Waals surface area contributed by atoms with E-state index in [0.29, 0.717) is 16.6 Å². The maximum atomic E-state index is 12.4. The molecule has 1 aromatic carbocycles. The summed E-state index contributed by atoms with van der Waals surface area (Å²) in [6.07, 6.45) is 3.96. The fraction of sp³-hybridized carbons (Fsp3) is 0.353. The number of halogens is 1. The van der Waals surface area contributed by atoms with Crippen molar-refractivity contribution in [3.05, 3.63) is 47.6 Å². The highest BCUT2D eigenvalue weighted by Crippen LogP contribution is 2.23. The van der Waals surface area contributed by atoms with E-state index in [1.807, 2.05) is 6.07 Å². The monoisotopic (exact) mass is 365 g/mol. The normalized spacial score (nSPS) is 18.4. The number of benzene rings is 1. The minimum atomic E-state index is -3.67. The van der Waals surface area contributed by atoms with Crippen LogP contribution in [0.5, 0.6) is 0 Å². The van der Waals surface area contributed by atoms with Gasteiger partial charge in [-0.1, -0.05) is 24.6 Å². The Balaban J connectivity index is 1.74. The molecule has 0 bridgehead atoms. The van der Waals surface area contributed by atoms with Crippen LogP contribution in [0.3, 0.4) is 0 Å². The van der Waals surface area contributed by atoms with Gasteiger partial charge in [0.15, 0.2) is 0 Å². The number of sulfonamides is 1. The van der Waals surface area contributed by atoms with Gasteiger partial charge in [0.05, 0.1) is 16.8 Å². The van der Waals surface area contributed by atoms with Crippen LogP contribution in [0.4, 0.5) is 11.5 Å². The number of nitrogens with zero attached hydrogens (tertiary/aromatic N) is 2. The number of aromatic nitrogens is 1. The Morgan fingerprint density at radius 2 is 2.12 bits per heavy atom. The maximum absolute atomic E-state index is 12.4. The molecule has 1 saturated heterocycles. The summed E-state index contributed by atoms with van der Waals surface area (Å²) in [4.78, 5) is 6.77. The lowest BCUT2D eigenvalue weighted by Crippen LogP contribution is -2.34. The first kappa shape index (κ1) is 17.0. The van der Waals surface area contributed by atoms with Crippen LogP contribution in [0, 0.1) is 5.92 Å². The van der Waals surface area contributed by atoms with E-state index in [0.717, 1.165) is 25.3 Å². The molecular weight excluding hydrogens is 346 g/mol. The molecule has 7 heteroatoms. The molecule has 0 saturated carbocycles. The topological polar surface area (TPSA) is 62.3 Å². The summed E-state index contributed by atoms with van der Waals surface area (Å²) < 4.78 is 27.3. The van der Waals surface area contributed by atoms with Crippen molar-refractivity contribution in [3.63, 3.8) is 0 Å². The zero-order valence-corrected chi connectivity index (χ0v) is 15.0. The second-order valence-electron chi connectivity index (χ2n) is 6.16. The summed E-state index contributed by atoms with van der Waals surface area (Å²) in [5, 5.41) is 0.380. The maximum Gasteiger partial charge on any atom is 0.261 e. The largest absolute Gasteiger partial charge is 0.356 e. The molecule has 5 nitrogen and oxygen atoms in total. The van der Waals surface area contributed by atoms with Crippen LogP contribution in [0.25, 0.3) is 0 Å². The lowest BCUT2D eigenvalue weighted by atomic mass is 10.0. The highest BCUT2D eigenvalue weighted by Gasteiger charge is 2.18. The first-order valence-corrected chi connectivity index (χ1v) is 9.79. The van der Waals surface area contributed by atoms with Gasteiger partial charge in [-0.3, -0.25) is 4.72 Å². The number of hydrogen-bond acceptors (Lipinski definition) is 4. The molecule has 1 N–H and O–H groups in total. The van der Waals surface area contributed by atoms with Crippen LogP contribution < -0.4 is 9.62 Å². The lowest BCUT2D eigenvalue weighted by Gasteiger charge is -2.31. The van der Waals surface area contributed by atoms with E-state index in [4.69, 9.17) is 11.6 Å². The number of rotatable bonds is 4. The summed E-state index contributed by atoms with van der Waals surface area (Å²) >= 11 is 5.86. The van der Waals surface area contributed by atoms with Crippen molar-refractivity contribution < 1.29 is 8.42 Å². The number of nitrogens with one attached hydrogen (secondary N) is 1. The van der Waals surface area contributed by atoms with Crippen molar-refractivity contribution in [2.75, 3.05) is 22.7 Å². The zero-order chi connectivity index (χ0) is 17.2. The first-order chi connectivity index (χ1) is 11.4. The Labute approximate surface area is 147 Å². The van der Waals surface area contributed by atoms with Crippen molar-refractivity contribution in [1.29, 1.82) is 0 Å². The van der Waals surface area contributed by atoms with E-state index in [2.05, 4.69) is 21.5 Å². The molecule has 2 aromatic rings. The van der Waals surface area contributed by atoms with E-state index in [-0.39, 0.29) is 4.90 Å². The van der Waals surface area contributed by atoms with Gasteiger partial charge in [-0.05, 0) is 49.1 Å². The Hall–Kier alpha value is -1.79. The van der Waals surface area contributed by atoms with Gasteiger partial charge < -0.3 is 4.90 Å². The van der Waals surface area contributed by atoms with Crippen molar-refractivity contribution in [1.82, 2.24) is 4.98 Å². The van der Waals surface area contributed by atoms with Crippen LogP contribution in [0.2, 0.25) is 5.02 Å². The van der Waals surface area contributed by atoms with E-state index in [9.17, 15) is 8.42 Å². The fourth-order valence-corrected chi connectivity index (χ4v) is 4.22. The minimum absolute atomic E-state index is 0.129. The molecule has 1 aromatic heterocycles. The molecule has 1 fully saturated rings. The molecule has 2 heterocycles. The molecule has 1 unspecified atom stereocenters. The lowest BCUT2D eigenvalue weighted by molar-refractivity contribution is 0.444. The number of piperidine rings is 1. The third-order valence-electron chi connectivity index (χ3n) is 4.09. The van der Waals surface area contributed by atoms with Gasteiger partial charge in [-0.2, -0.15) is 0 Å². The minimum Gasteiger partial charge on any atom is -0.356 e. The van der Waals surface area contributed by atoms with E-state index >= 15 is 0 Å². The van der Waals surface area contributed by atoms with Crippen LogP contribution >= 0.6 is 11.6 Å². The SMILES string of the molecule is CC1CCCN(c2ccc(NS(=O)(=O)c3cccc(Cl)c3)cn2)C1.